The van der Waals surface area contributed by atoms with Gasteiger partial charge in [0.05, 0.1) is 0 Å². The van der Waals surface area contributed by atoms with Gasteiger partial charge in [-0.25, -0.2) is 0 Å². The fourth-order valence-corrected chi connectivity index (χ4v) is 22.8. The molecule has 1 unspecified atom stereocenters. The molecule has 0 heterocycles. The van der Waals surface area contributed by atoms with Crippen LogP contribution in [0.2, 0.25) is 37.6 Å². The Morgan fingerprint density at radius 2 is 1.43 bits per heavy atom. The van der Waals surface area contributed by atoms with Crippen LogP contribution in [-0.2, 0) is 14.6 Å². The first-order valence-electron chi connectivity index (χ1n) is 8.92. The summed E-state index contributed by atoms with van der Waals surface area (Å²) in [6.07, 6.45) is 0. The van der Waals surface area contributed by atoms with Crippen LogP contribution in [0, 0.1) is 5.92 Å². The van der Waals surface area contributed by atoms with Crippen LogP contribution in [0.15, 0.2) is 22.4 Å². The van der Waals surface area contributed by atoms with Crippen LogP contribution in [0.3, 0.4) is 0 Å². The molecule has 23 heavy (non-hydrogen) atoms. The Morgan fingerprint density at radius 3 is 1.74 bits per heavy atom. The summed E-state index contributed by atoms with van der Waals surface area (Å²) in [7, 11) is -0.963. The SMILES string of the molecule is CC1=C(C)C(C)C(N(C(C)(C)C)[Si](C)(C)[Cr][CH2][Si](C)(C)C)=C1C. The molecule has 0 fully saturated rings. The van der Waals surface area contributed by atoms with E-state index in [1.54, 1.807) is 16.8 Å². The van der Waals surface area contributed by atoms with Crippen molar-refractivity contribution >= 4 is 14.9 Å². The van der Waals surface area contributed by atoms with Gasteiger partial charge in [-0.2, -0.15) is 0 Å². The van der Waals surface area contributed by atoms with Gasteiger partial charge in [0, 0.05) is 0 Å². The quantitative estimate of drug-likeness (QED) is 0.490. The molecule has 0 radical (unpaired) electrons. The molecule has 1 rings (SSSR count). The number of hydrogen-bond acceptors (Lipinski definition) is 1. The van der Waals surface area contributed by atoms with Gasteiger partial charge in [-0.3, -0.25) is 0 Å². The Morgan fingerprint density at radius 1 is 0.957 bits per heavy atom. The van der Waals surface area contributed by atoms with E-state index < -0.39 is 14.9 Å². The van der Waals surface area contributed by atoms with Crippen LogP contribution in [0.25, 0.3) is 0 Å². The van der Waals surface area contributed by atoms with Gasteiger partial charge in [0.1, 0.15) is 0 Å². The van der Waals surface area contributed by atoms with E-state index in [0.717, 1.165) is 14.6 Å². The van der Waals surface area contributed by atoms with Crippen molar-refractivity contribution in [2.75, 3.05) is 0 Å². The van der Waals surface area contributed by atoms with Crippen LogP contribution < -0.4 is 0 Å². The first-order valence-corrected chi connectivity index (χ1v) is 18.3. The molecule has 1 aliphatic carbocycles. The number of allylic oxidation sites excluding steroid dienone is 3. The molecule has 0 aromatic heterocycles. The molecule has 0 aliphatic heterocycles. The van der Waals surface area contributed by atoms with Crippen LogP contribution in [0.1, 0.15) is 48.5 Å². The molecule has 0 saturated heterocycles. The number of hydrogen-bond donors (Lipinski definition) is 0. The average molecular weight is 390 g/mol. The van der Waals surface area contributed by atoms with Crippen LogP contribution in [0.4, 0.5) is 0 Å². The molecular weight excluding hydrogens is 350 g/mol. The summed E-state index contributed by atoms with van der Waals surface area (Å²) >= 11 is 0.766. The topological polar surface area (TPSA) is 3.24 Å². The van der Waals surface area contributed by atoms with Crippen molar-refractivity contribution in [3.05, 3.63) is 22.4 Å². The van der Waals surface area contributed by atoms with Gasteiger partial charge in [-0.15, -0.1) is 0 Å². The van der Waals surface area contributed by atoms with Crippen molar-refractivity contribution in [2.45, 2.75) is 91.6 Å². The van der Waals surface area contributed by atoms with E-state index in [1.165, 1.54) is 10.5 Å². The van der Waals surface area contributed by atoms with Crippen LogP contribution in [-0.4, -0.2) is 25.0 Å². The maximum atomic E-state index is 2.92. The Balaban J connectivity index is 3.28. The van der Waals surface area contributed by atoms with Crippen molar-refractivity contribution < 1.29 is 14.6 Å². The van der Waals surface area contributed by atoms with Crippen molar-refractivity contribution in [1.29, 1.82) is 0 Å². The molecular formula is C19H39CrNSi2. The minimum atomic E-state index is -1.44. The zero-order valence-electron chi connectivity index (χ0n) is 17.6. The molecule has 1 aliphatic rings. The van der Waals surface area contributed by atoms with Crippen molar-refractivity contribution in [1.82, 2.24) is 4.57 Å². The first-order chi connectivity index (χ1) is 10.1. The molecule has 1 atom stereocenters. The number of rotatable bonds is 5. The maximum absolute atomic E-state index is 2.92. The van der Waals surface area contributed by atoms with Crippen molar-refractivity contribution in [3.8, 4) is 0 Å². The van der Waals surface area contributed by atoms with Gasteiger partial charge in [-0.05, 0) is 0 Å². The molecule has 0 saturated carbocycles. The molecule has 4 heteroatoms. The second kappa shape index (κ2) is 6.87. The van der Waals surface area contributed by atoms with Gasteiger partial charge >= 0.3 is 154 Å². The zero-order chi connectivity index (χ0) is 18.4. The first kappa shape index (κ1) is 21.3. The summed E-state index contributed by atoms with van der Waals surface area (Å²) in [6.45, 7) is 28.1. The molecule has 0 spiro atoms. The third-order valence-electron chi connectivity index (χ3n) is 4.91. The third kappa shape index (κ3) is 4.88. The Bertz CT molecular complexity index is 518. The van der Waals surface area contributed by atoms with E-state index >= 15 is 0 Å². The zero-order valence-corrected chi connectivity index (χ0v) is 20.9. The van der Waals surface area contributed by atoms with E-state index in [-0.39, 0.29) is 5.54 Å². The van der Waals surface area contributed by atoms with Crippen molar-refractivity contribution in [2.24, 2.45) is 5.92 Å². The second-order valence-electron chi connectivity index (χ2n) is 9.84. The predicted molar refractivity (Wildman–Crippen MR) is 107 cm³/mol. The molecule has 1 nitrogen and oxygen atoms in total. The van der Waals surface area contributed by atoms with E-state index in [4.69, 9.17) is 0 Å². The molecule has 0 N–H and O–H groups in total. The molecule has 0 aromatic carbocycles. The van der Waals surface area contributed by atoms with E-state index in [9.17, 15) is 0 Å². The molecule has 0 bridgehead atoms. The molecule has 0 aromatic rings. The summed E-state index contributed by atoms with van der Waals surface area (Å²) in [5, 5.41) is 0. The summed E-state index contributed by atoms with van der Waals surface area (Å²) in [5.41, 5.74) is 6.52. The van der Waals surface area contributed by atoms with Crippen molar-refractivity contribution in [3.63, 3.8) is 0 Å². The standard InChI is InChI=1S/C15H28NSi.C4H11Si.Cr/c1-10-11(2)13(4)14(12(10)3)16(17(8)9)15(5,6)7;1-5(2,3)4;/h12H,1-9H3;1H2,2-4H3;. The summed E-state index contributed by atoms with van der Waals surface area (Å²) in [6, 6.07) is 0. The van der Waals surface area contributed by atoms with Crippen LogP contribution >= 0.6 is 0 Å². The van der Waals surface area contributed by atoms with Crippen LogP contribution in [0.5, 0.6) is 0 Å². The normalized spacial score (nSPS) is 20.6. The Kier molecular flexibility index (Phi) is 6.35. The summed E-state index contributed by atoms with van der Waals surface area (Å²) in [4.78, 5) is 1.51. The van der Waals surface area contributed by atoms with E-state index in [1.807, 2.05) is 0 Å². The third-order valence-corrected chi connectivity index (χ3v) is 19.3. The van der Waals surface area contributed by atoms with Gasteiger partial charge in [0.15, 0.2) is 0 Å². The average Bonchev–Trinajstić information content (AvgIpc) is 2.52. The summed E-state index contributed by atoms with van der Waals surface area (Å²) < 4.78 is 2.92. The Labute approximate surface area is 153 Å². The van der Waals surface area contributed by atoms with E-state index in [0.29, 0.717) is 5.92 Å². The second-order valence-corrected chi connectivity index (χ2v) is 26.3. The number of nitrogens with zero attached hydrogens (tertiary/aromatic N) is 1. The predicted octanol–water partition coefficient (Wildman–Crippen LogP) is 6.43. The molecule has 0 amide bonds. The van der Waals surface area contributed by atoms with Gasteiger partial charge in [0.2, 0.25) is 0 Å². The fourth-order valence-electron chi connectivity index (χ4n) is 3.62. The molecule has 134 valence electrons. The monoisotopic (exact) mass is 389 g/mol. The summed E-state index contributed by atoms with van der Waals surface area (Å²) in [5.74, 6) is 0.587. The fraction of sp³-hybridized carbons (Fsp3) is 0.789. The van der Waals surface area contributed by atoms with Gasteiger partial charge in [0.25, 0.3) is 0 Å². The van der Waals surface area contributed by atoms with Gasteiger partial charge in [-0.1, -0.05) is 0 Å². The van der Waals surface area contributed by atoms with E-state index in [2.05, 4.69) is 85.8 Å². The van der Waals surface area contributed by atoms with Gasteiger partial charge < -0.3 is 0 Å². The Hall–Kier alpha value is 0.246. The minimum absolute atomic E-state index is 0.215.